The third kappa shape index (κ3) is 2.58. The normalized spacial score (nSPS) is 20.3. The molecule has 4 N–H and O–H groups in total. The lowest BCUT2D eigenvalue weighted by atomic mass is 10.0. The van der Waals surface area contributed by atoms with E-state index in [1.54, 1.807) is 23.1 Å². The summed E-state index contributed by atoms with van der Waals surface area (Å²) in [4.78, 5) is 29.9. The minimum absolute atomic E-state index is 0.169. The molecule has 2 amide bonds. The van der Waals surface area contributed by atoms with Crippen LogP contribution in [0, 0.1) is 5.92 Å². The topological polar surface area (TPSA) is 102 Å². The number of halogens is 1. The van der Waals surface area contributed by atoms with Crippen molar-refractivity contribution in [2.24, 2.45) is 22.4 Å². The molecular weight excluding hydrogens is 292 g/mol. The van der Waals surface area contributed by atoms with Gasteiger partial charge in [0.05, 0.1) is 0 Å². The number of fused-ring (bicyclic) bond motifs is 1. The van der Waals surface area contributed by atoms with Crippen molar-refractivity contribution in [3.05, 3.63) is 34.3 Å². The monoisotopic (exact) mass is 306 g/mol. The summed E-state index contributed by atoms with van der Waals surface area (Å²) in [5.41, 5.74) is 11.6. The van der Waals surface area contributed by atoms with Gasteiger partial charge in [-0.15, -0.1) is 0 Å². The van der Waals surface area contributed by atoms with E-state index in [4.69, 9.17) is 23.1 Å². The number of carbonyl (C=O) groups excluding carboxylic acids is 2. The van der Waals surface area contributed by atoms with Crippen molar-refractivity contribution in [2.75, 3.05) is 6.54 Å². The highest BCUT2D eigenvalue weighted by molar-refractivity contribution is 6.31. The maximum atomic E-state index is 12.5. The van der Waals surface area contributed by atoms with Crippen LogP contribution in [0.2, 0.25) is 5.02 Å². The van der Waals surface area contributed by atoms with Gasteiger partial charge in [0.25, 0.3) is 11.8 Å². The molecule has 3 rings (SSSR count). The first kappa shape index (κ1) is 13.9. The van der Waals surface area contributed by atoms with E-state index in [0.717, 1.165) is 12.8 Å². The van der Waals surface area contributed by atoms with E-state index in [-0.39, 0.29) is 11.9 Å². The average molecular weight is 307 g/mol. The van der Waals surface area contributed by atoms with E-state index in [1.165, 1.54) is 0 Å². The summed E-state index contributed by atoms with van der Waals surface area (Å²) in [5.74, 6) is -0.565. The highest BCUT2D eigenvalue weighted by Crippen LogP contribution is 2.40. The zero-order valence-electron chi connectivity index (χ0n) is 11.3. The number of hydrogen-bond donors (Lipinski definition) is 2. The predicted molar refractivity (Wildman–Crippen MR) is 78.8 cm³/mol. The molecule has 1 aliphatic carbocycles. The van der Waals surface area contributed by atoms with Crippen molar-refractivity contribution >= 4 is 29.4 Å². The van der Waals surface area contributed by atoms with Gasteiger partial charge in [-0.1, -0.05) is 11.6 Å². The molecule has 1 saturated carbocycles. The van der Waals surface area contributed by atoms with Gasteiger partial charge in [0.15, 0.2) is 5.96 Å². The van der Waals surface area contributed by atoms with Crippen LogP contribution in [0.5, 0.6) is 0 Å². The first-order chi connectivity index (χ1) is 9.97. The van der Waals surface area contributed by atoms with Crippen LogP contribution in [0.25, 0.3) is 0 Å². The Labute approximate surface area is 126 Å². The number of hydrogen-bond acceptors (Lipinski definition) is 2. The molecule has 1 unspecified atom stereocenters. The van der Waals surface area contributed by atoms with Crippen LogP contribution in [0.1, 0.15) is 34.8 Å². The van der Waals surface area contributed by atoms with Crippen molar-refractivity contribution < 1.29 is 9.59 Å². The quantitative estimate of drug-likeness (QED) is 0.643. The largest absolute Gasteiger partial charge is 0.370 e. The molecule has 7 heteroatoms. The van der Waals surface area contributed by atoms with Gasteiger partial charge in [0, 0.05) is 17.1 Å². The van der Waals surface area contributed by atoms with Gasteiger partial charge in [-0.3, -0.25) is 9.59 Å². The second-order valence-corrected chi connectivity index (χ2v) is 5.85. The molecule has 1 fully saturated rings. The van der Waals surface area contributed by atoms with E-state index in [1.807, 2.05) is 0 Å². The summed E-state index contributed by atoms with van der Waals surface area (Å²) in [7, 11) is 0. The molecule has 0 bridgehead atoms. The number of guanidine groups is 1. The SMILES string of the molecule is NC(N)=NC(=O)C1c2cc(Cl)ccc2C(=O)N1CC1CC1. The van der Waals surface area contributed by atoms with Crippen LogP contribution in [-0.4, -0.2) is 29.2 Å². The summed E-state index contributed by atoms with van der Waals surface area (Å²) < 4.78 is 0. The molecule has 1 atom stereocenters. The predicted octanol–water partition coefficient (Wildman–Crippen LogP) is 1.05. The van der Waals surface area contributed by atoms with Gasteiger partial charge >= 0.3 is 0 Å². The molecule has 1 aliphatic heterocycles. The van der Waals surface area contributed by atoms with Crippen LogP contribution in [-0.2, 0) is 4.79 Å². The maximum Gasteiger partial charge on any atom is 0.276 e. The Hall–Kier alpha value is -2.08. The number of benzene rings is 1. The van der Waals surface area contributed by atoms with Crippen molar-refractivity contribution in [1.82, 2.24) is 4.90 Å². The van der Waals surface area contributed by atoms with Crippen molar-refractivity contribution in [3.63, 3.8) is 0 Å². The lowest BCUT2D eigenvalue weighted by Crippen LogP contribution is -2.35. The molecule has 0 radical (unpaired) electrons. The minimum atomic E-state index is -0.783. The lowest BCUT2D eigenvalue weighted by Gasteiger charge is -2.22. The Morgan fingerprint density at radius 1 is 1.38 bits per heavy atom. The van der Waals surface area contributed by atoms with Crippen LogP contribution < -0.4 is 11.5 Å². The Morgan fingerprint density at radius 2 is 2.10 bits per heavy atom. The summed E-state index contributed by atoms with van der Waals surface area (Å²) in [5, 5.41) is 0.470. The first-order valence-corrected chi connectivity index (χ1v) is 7.09. The fourth-order valence-electron chi connectivity index (χ4n) is 2.62. The standard InChI is InChI=1S/C14H15ClN4O2/c15-8-3-4-9-10(5-8)11(12(20)18-14(16)17)19(13(9)21)6-7-1-2-7/h3-5,7,11H,1-2,6H2,(H4,16,17,18,20). The average Bonchev–Trinajstić information content (AvgIpc) is 3.16. The van der Waals surface area contributed by atoms with Crippen molar-refractivity contribution in [1.29, 1.82) is 0 Å². The van der Waals surface area contributed by atoms with E-state index >= 15 is 0 Å². The smallest absolute Gasteiger partial charge is 0.276 e. The summed E-state index contributed by atoms with van der Waals surface area (Å²) in [6.07, 6.45) is 2.15. The molecule has 6 nitrogen and oxygen atoms in total. The third-order valence-electron chi connectivity index (χ3n) is 3.74. The lowest BCUT2D eigenvalue weighted by molar-refractivity contribution is -0.122. The van der Waals surface area contributed by atoms with Crippen LogP contribution in [0.4, 0.5) is 0 Å². The van der Waals surface area contributed by atoms with Gasteiger partial charge in [0.2, 0.25) is 0 Å². The molecule has 1 aromatic carbocycles. The fourth-order valence-corrected chi connectivity index (χ4v) is 2.80. The molecule has 21 heavy (non-hydrogen) atoms. The minimum Gasteiger partial charge on any atom is -0.370 e. The van der Waals surface area contributed by atoms with E-state index < -0.39 is 11.9 Å². The number of carbonyl (C=O) groups is 2. The summed E-state index contributed by atoms with van der Waals surface area (Å²) in [6.45, 7) is 0.543. The number of amides is 2. The summed E-state index contributed by atoms with van der Waals surface area (Å²) >= 11 is 5.99. The van der Waals surface area contributed by atoms with Gasteiger partial charge in [-0.05, 0) is 42.5 Å². The van der Waals surface area contributed by atoms with Crippen LogP contribution in [0.15, 0.2) is 23.2 Å². The molecule has 2 aliphatic rings. The van der Waals surface area contributed by atoms with Gasteiger partial charge < -0.3 is 16.4 Å². The second-order valence-electron chi connectivity index (χ2n) is 5.41. The highest BCUT2D eigenvalue weighted by atomic mass is 35.5. The van der Waals surface area contributed by atoms with Gasteiger partial charge in [-0.25, -0.2) is 0 Å². The Balaban J connectivity index is 2.02. The highest BCUT2D eigenvalue weighted by Gasteiger charge is 2.43. The fraction of sp³-hybridized carbons (Fsp3) is 0.357. The Bertz CT molecular complexity index is 650. The van der Waals surface area contributed by atoms with Crippen molar-refractivity contribution in [2.45, 2.75) is 18.9 Å². The molecule has 0 saturated heterocycles. The maximum absolute atomic E-state index is 12.5. The van der Waals surface area contributed by atoms with E-state index in [2.05, 4.69) is 4.99 Å². The third-order valence-corrected chi connectivity index (χ3v) is 3.97. The Kier molecular flexibility index (Phi) is 3.33. The molecule has 1 heterocycles. The zero-order chi connectivity index (χ0) is 15.1. The van der Waals surface area contributed by atoms with Crippen LogP contribution >= 0.6 is 11.6 Å². The molecule has 110 valence electrons. The van der Waals surface area contributed by atoms with Crippen LogP contribution in [0.3, 0.4) is 0 Å². The van der Waals surface area contributed by atoms with Gasteiger partial charge in [0.1, 0.15) is 6.04 Å². The molecular formula is C14H15ClN4O2. The number of nitrogens with two attached hydrogens (primary N) is 2. The number of rotatable bonds is 3. The first-order valence-electron chi connectivity index (χ1n) is 6.71. The summed E-state index contributed by atoms with van der Waals surface area (Å²) in [6, 6.07) is 4.13. The Morgan fingerprint density at radius 3 is 2.71 bits per heavy atom. The number of aliphatic imine (C=N–C) groups is 1. The van der Waals surface area contributed by atoms with E-state index in [0.29, 0.717) is 28.6 Å². The number of nitrogens with zero attached hydrogens (tertiary/aromatic N) is 2. The van der Waals surface area contributed by atoms with Gasteiger partial charge in [-0.2, -0.15) is 4.99 Å². The second kappa shape index (κ2) is 5.04. The molecule has 1 aromatic rings. The zero-order valence-corrected chi connectivity index (χ0v) is 12.0. The van der Waals surface area contributed by atoms with E-state index in [9.17, 15) is 9.59 Å². The van der Waals surface area contributed by atoms with Crippen molar-refractivity contribution in [3.8, 4) is 0 Å². The molecule has 0 spiro atoms. The molecule has 0 aromatic heterocycles.